The fourth-order valence-electron chi connectivity index (χ4n) is 1.04. The third-order valence-corrected chi connectivity index (χ3v) is 1.98. The Bertz CT molecular complexity index is 378. The van der Waals surface area contributed by atoms with E-state index in [9.17, 15) is 13.6 Å². The van der Waals surface area contributed by atoms with Gasteiger partial charge in [-0.1, -0.05) is 0 Å². The van der Waals surface area contributed by atoms with Gasteiger partial charge in [-0.25, -0.2) is 8.78 Å². The van der Waals surface area contributed by atoms with Crippen LogP contribution in [0.4, 0.5) is 8.78 Å². The van der Waals surface area contributed by atoms with Crippen molar-refractivity contribution in [1.29, 1.82) is 0 Å². The molecule has 6 heteroatoms. The average molecular weight is 224 g/mol. The van der Waals surface area contributed by atoms with Crippen LogP contribution in [0.3, 0.4) is 0 Å². The zero-order chi connectivity index (χ0) is 10.7. The topological polar surface area (TPSA) is 42.1 Å². The van der Waals surface area contributed by atoms with Gasteiger partial charge in [0.2, 0.25) is 5.43 Å². The molecule has 0 aliphatic rings. The average Bonchev–Trinajstić information content (AvgIpc) is 2.16. The van der Waals surface area contributed by atoms with Crippen LogP contribution in [0.25, 0.3) is 0 Å². The molecule has 0 spiro atoms. The monoisotopic (exact) mass is 223 g/mol. The van der Waals surface area contributed by atoms with Gasteiger partial charge < -0.3 is 9.72 Å². The summed E-state index contributed by atoms with van der Waals surface area (Å²) >= 11 is 5.48. The molecule has 78 valence electrons. The minimum absolute atomic E-state index is 0.00192. The highest BCUT2D eigenvalue weighted by Gasteiger charge is 2.17. The quantitative estimate of drug-likeness (QED) is 0.797. The van der Waals surface area contributed by atoms with Crippen LogP contribution in [0.1, 0.15) is 17.7 Å². The fourth-order valence-corrected chi connectivity index (χ4v) is 1.24. The molecule has 0 aliphatic heterocycles. The molecule has 1 aromatic rings. The van der Waals surface area contributed by atoms with Crippen molar-refractivity contribution in [3.8, 4) is 5.75 Å². The van der Waals surface area contributed by atoms with Crippen molar-refractivity contribution < 1.29 is 13.5 Å². The van der Waals surface area contributed by atoms with Crippen molar-refractivity contribution in [2.24, 2.45) is 0 Å². The van der Waals surface area contributed by atoms with Crippen molar-refractivity contribution in [2.45, 2.75) is 12.3 Å². The van der Waals surface area contributed by atoms with E-state index in [4.69, 9.17) is 16.3 Å². The van der Waals surface area contributed by atoms with Crippen LogP contribution in [0.5, 0.6) is 5.75 Å². The number of pyridine rings is 1. The molecule has 0 saturated heterocycles. The summed E-state index contributed by atoms with van der Waals surface area (Å²) in [6.45, 7) is 0. The van der Waals surface area contributed by atoms with Crippen LogP contribution < -0.4 is 10.2 Å². The Hall–Kier alpha value is -1.10. The van der Waals surface area contributed by atoms with E-state index in [0.29, 0.717) is 5.69 Å². The predicted octanol–water partition coefficient (Wildman–Crippen LogP) is 2.06. The number of methoxy groups -OCH3 is 1. The Morgan fingerprint density at radius 3 is 2.71 bits per heavy atom. The molecule has 3 nitrogen and oxygen atoms in total. The van der Waals surface area contributed by atoms with Gasteiger partial charge in [0.15, 0.2) is 5.75 Å². The minimum Gasteiger partial charge on any atom is -0.491 e. The lowest BCUT2D eigenvalue weighted by molar-refractivity contribution is 0.149. The number of aromatic nitrogens is 1. The zero-order valence-corrected chi connectivity index (χ0v) is 8.07. The molecule has 1 rings (SSSR count). The van der Waals surface area contributed by atoms with E-state index < -0.39 is 17.4 Å². The summed E-state index contributed by atoms with van der Waals surface area (Å²) in [6, 6.07) is 0. The summed E-state index contributed by atoms with van der Waals surface area (Å²) in [5.41, 5.74) is -1.14. The van der Waals surface area contributed by atoms with Crippen LogP contribution in [0.15, 0.2) is 11.0 Å². The van der Waals surface area contributed by atoms with Crippen molar-refractivity contribution in [2.75, 3.05) is 7.11 Å². The summed E-state index contributed by atoms with van der Waals surface area (Å²) < 4.78 is 29.2. The maximum atomic E-state index is 12.3. The van der Waals surface area contributed by atoms with E-state index in [2.05, 4.69) is 4.98 Å². The van der Waals surface area contributed by atoms with Gasteiger partial charge in [-0.3, -0.25) is 4.79 Å². The molecule has 0 atom stereocenters. The second kappa shape index (κ2) is 4.41. The van der Waals surface area contributed by atoms with E-state index in [-0.39, 0.29) is 11.6 Å². The third-order valence-electron chi connectivity index (χ3n) is 1.72. The highest BCUT2D eigenvalue weighted by atomic mass is 35.5. The second-order valence-corrected chi connectivity index (χ2v) is 2.79. The lowest BCUT2D eigenvalue weighted by atomic mass is 10.2. The molecule has 0 fully saturated rings. The second-order valence-electron chi connectivity index (χ2n) is 2.52. The summed E-state index contributed by atoms with van der Waals surface area (Å²) in [6.07, 6.45) is -1.87. The molecular weight excluding hydrogens is 216 g/mol. The number of ether oxygens (including phenoxy) is 1. The smallest absolute Gasteiger partial charge is 0.269 e. The maximum Gasteiger partial charge on any atom is 0.269 e. The van der Waals surface area contributed by atoms with Crippen molar-refractivity contribution >= 4 is 11.6 Å². The largest absolute Gasteiger partial charge is 0.491 e. The lowest BCUT2D eigenvalue weighted by Gasteiger charge is -2.06. The van der Waals surface area contributed by atoms with Crippen LogP contribution in [-0.4, -0.2) is 12.1 Å². The van der Waals surface area contributed by atoms with Gasteiger partial charge in [0.25, 0.3) is 6.43 Å². The van der Waals surface area contributed by atoms with Gasteiger partial charge in [0.1, 0.15) is 0 Å². The molecule has 0 amide bonds. The molecule has 0 unspecified atom stereocenters. The van der Waals surface area contributed by atoms with Crippen molar-refractivity contribution in [3.05, 3.63) is 27.7 Å². The van der Waals surface area contributed by atoms with Gasteiger partial charge in [0.05, 0.1) is 24.2 Å². The Balaban J connectivity index is 3.35. The molecule has 0 bridgehead atoms. The molecule has 0 radical (unpaired) electrons. The first-order valence-electron chi connectivity index (χ1n) is 3.74. The van der Waals surface area contributed by atoms with Gasteiger partial charge in [0, 0.05) is 6.20 Å². The Labute approximate surface area is 83.7 Å². The van der Waals surface area contributed by atoms with Crippen LogP contribution in [-0.2, 0) is 5.88 Å². The maximum absolute atomic E-state index is 12.3. The van der Waals surface area contributed by atoms with E-state index in [1.54, 1.807) is 0 Å². The number of halogens is 3. The summed E-state index contributed by atoms with van der Waals surface area (Å²) in [7, 11) is 1.23. The number of nitrogens with one attached hydrogen (secondary N) is 1. The minimum atomic E-state index is -2.82. The number of hydrogen-bond donors (Lipinski definition) is 1. The molecule has 1 N–H and O–H groups in total. The van der Waals surface area contributed by atoms with Gasteiger partial charge in [-0.15, -0.1) is 11.6 Å². The molecule has 1 heterocycles. The number of H-pyrrole nitrogens is 1. The SMILES string of the molecule is COc1c(CCl)[nH]cc(C(F)F)c1=O. The summed E-state index contributed by atoms with van der Waals surface area (Å²) in [5.74, 6) is -0.153. The molecule has 0 aromatic carbocycles. The Kier molecular flexibility index (Phi) is 3.46. The summed E-state index contributed by atoms with van der Waals surface area (Å²) in [5, 5.41) is 0. The first kappa shape index (κ1) is 11.0. The molecule has 0 aliphatic carbocycles. The van der Waals surface area contributed by atoms with E-state index in [1.165, 1.54) is 7.11 Å². The number of rotatable bonds is 3. The third kappa shape index (κ3) is 1.87. The Morgan fingerprint density at radius 1 is 1.64 bits per heavy atom. The van der Waals surface area contributed by atoms with Crippen LogP contribution >= 0.6 is 11.6 Å². The molecule has 1 aromatic heterocycles. The van der Waals surface area contributed by atoms with E-state index in [0.717, 1.165) is 6.20 Å². The fraction of sp³-hybridized carbons (Fsp3) is 0.375. The first-order chi connectivity index (χ1) is 6.61. The molecule has 0 saturated carbocycles. The van der Waals surface area contributed by atoms with Crippen LogP contribution in [0, 0.1) is 0 Å². The molecular formula is C8H8ClF2NO2. The van der Waals surface area contributed by atoms with Gasteiger partial charge >= 0.3 is 0 Å². The van der Waals surface area contributed by atoms with Gasteiger partial charge in [-0.05, 0) is 0 Å². The highest BCUT2D eigenvalue weighted by Crippen LogP contribution is 2.19. The summed E-state index contributed by atoms with van der Waals surface area (Å²) in [4.78, 5) is 13.8. The number of aromatic amines is 1. The van der Waals surface area contributed by atoms with Gasteiger partial charge in [-0.2, -0.15) is 0 Å². The van der Waals surface area contributed by atoms with Crippen molar-refractivity contribution in [3.63, 3.8) is 0 Å². The highest BCUT2D eigenvalue weighted by molar-refractivity contribution is 6.17. The van der Waals surface area contributed by atoms with E-state index >= 15 is 0 Å². The van der Waals surface area contributed by atoms with Crippen LogP contribution in [0.2, 0.25) is 0 Å². The Morgan fingerprint density at radius 2 is 2.29 bits per heavy atom. The van der Waals surface area contributed by atoms with Crippen molar-refractivity contribution in [1.82, 2.24) is 4.98 Å². The number of hydrogen-bond acceptors (Lipinski definition) is 2. The standard InChI is InChI=1S/C8H8ClF2NO2/c1-14-7-5(2-9)12-3-4(6(7)13)8(10)11/h3,8H,2H2,1H3,(H,12,13). The lowest BCUT2D eigenvalue weighted by Crippen LogP contribution is -2.15. The predicted molar refractivity (Wildman–Crippen MR) is 48.1 cm³/mol. The number of alkyl halides is 3. The zero-order valence-electron chi connectivity index (χ0n) is 7.31. The first-order valence-corrected chi connectivity index (χ1v) is 4.27. The molecule has 14 heavy (non-hydrogen) atoms. The van der Waals surface area contributed by atoms with E-state index in [1.807, 2.05) is 0 Å². The normalized spacial score (nSPS) is 10.6.